The van der Waals surface area contributed by atoms with E-state index < -0.39 is 10.0 Å². The summed E-state index contributed by atoms with van der Waals surface area (Å²) in [7, 11) is -3.84. The summed E-state index contributed by atoms with van der Waals surface area (Å²) in [6.45, 7) is 1.98. The summed E-state index contributed by atoms with van der Waals surface area (Å²) in [5.74, 6) is 0.197. The zero-order valence-corrected chi connectivity index (χ0v) is 21.3. The van der Waals surface area contributed by atoms with Crippen molar-refractivity contribution in [1.29, 1.82) is 0 Å². The van der Waals surface area contributed by atoms with E-state index in [9.17, 15) is 13.2 Å². The van der Waals surface area contributed by atoms with Crippen LogP contribution in [-0.4, -0.2) is 30.1 Å². The van der Waals surface area contributed by atoms with Gasteiger partial charge in [-0.1, -0.05) is 96.6 Å². The van der Waals surface area contributed by atoms with Crippen LogP contribution in [0.25, 0.3) is 22.6 Å². The van der Waals surface area contributed by atoms with Gasteiger partial charge in [0.2, 0.25) is 10.0 Å². The van der Waals surface area contributed by atoms with Gasteiger partial charge in [0.05, 0.1) is 11.9 Å². The van der Waals surface area contributed by atoms with E-state index in [1.165, 1.54) is 8.87 Å². The molecule has 0 saturated carbocycles. The second-order valence-electron chi connectivity index (χ2n) is 8.71. The molecule has 0 atom stereocenters. The van der Waals surface area contributed by atoms with Gasteiger partial charge in [-0.2, -0.15) is 0 Å². The van der Waals surface area contributed by atoms with Crippen LogP contribution in [0, 0.1) is 6.92 Å². The van der Waals surface area contributed by atoms with Gasteiger partial charge >= 0.3 is 0 Å². The average Bonchev–Trinajstić information content (AvgIpc) is 3.29. The Morgan fingerprint density at radius 2 is 1.27 bits per heavy atom. The van der Waals surface area contributed by atoms with E-state index in [1.54, 1.807) is 48.5 Å². The van der Waals surface area contributed by atoms with Gasteiger partial charge in [-0.05, 0) is 31.2 Å². The van der Waals surface area contributed by atoms with Crippen LogP contribution < -0.4 is 4.31 Å². The van der Waals surface area contributed by atoms with Crippen molar-refractivity contribution in [2.24, 2.45) is 0 Å². The van der Waals surface area contributed by atoms with Crippen LogP contribution in [0.4, 0.5) is 11.5 Å². The molecule has 0 spiro atoms. The van der Waals surface area contributed by atoms with E-state index in [0.29, 0.717) is 33.9 Å². The Labute approximate surface area is 216 Å². The first-order chi connectivity index (χ1) is 17.8. The number of imidazole rings is 1. The van der Waals surface area contributed by atoms with Gasteiger partial charge in [0.1, 0.15) is 11.5 Å². The molecule has 4 aromatic carbocycles. The maximum absolute atomic E-state index is 14.1. The van der Waals surface area contributed by atoms with Crippen LogP contribution in [0.5, 0.6) is 0 Å². The number of anilines is 2. The molecule has 5 aromatic rings. The Morgan fingerprint density at radius 1 is 0.730 bits per heavy atom. The summed E-state index contributed by atoms with van der Waals surface area (Å²) < 4.78 is 29.2. The van der Waals surface area contributed by atoms with Crippen molar-refractivity contribution in [3.05, 3.63) is 126 Å². The fourth-order valence-electron chi connectivity index (χ4n) is 4.24. The average molecular weight is 508 g/mol. The molecule has 0 unspecified atom stereocenters. The highest BCUT2D eigenvalue weighted by Gasteiger charge is 2.32. The lowest BCUT2D eigenvalue weighted by Crippen LogP contribution is -2.26. The predicted octanol–water partition coefficient (Wildman–Crippen LogP) is 6.31. The quantitative estimate of drug-likeness (QED) is 0.270. The number of nitrogens with zero attached hydrogens (tertiary/aromatic N) is 3. The van der Waals surface area contributed by atoms with Crippen LogP contribution >= 0.6 is 0 Å². The zero-order chi connectivity index (χ0) is 26.0. The van der Waals surface area contributed by atoms with Crippen LogP contribution in [0.1, 0.15) is 15.9 Å². The third-order valence-corrected chi connectivity index (χ3v) is 7.00. The maximum Gasteiger partial charge on any atom is 0.264 e. The molecule has 0 aliphatic rings. The molecule has 7 heteroatoms. The standard InChI is InChI=1S/C30H25N3O3S/c1-22-18-20-24(21-19-22)28-31-29(33(37(2,35)36)26-16-10-5-11-17-26)27(23-12-6-3-7-13-23)32(28)30(34)25-14-8-4-9-15-25/h3-21H,1-2H3. The summed E-state index contributed by atoms with van der Waals surface area (Å²) >= 11 is 0. The molecule has 6 nitrogen and oxygen atoms in total. The van der Waals surface area contributed by atoms with Gasteiger partial charge in [0, 0.05) is 16.7 Å². The van der Waals surface area contributed by atoms with Gasteiger partial charge in [-0.3, -0.25) is 9.36 Å². The predicted molar refractivity (Wildman–Crippen MR) is 147 cm³/mol. The van der Waals surface area contributed by atoms with Crippen molar-refractivity contribution >= 4 is 27.4 Å². The van der Waals surface area contributed by atoms with E-state index in [0.717, 1.165) is 11.8 Å². The summed E-state index contributed by atoms with van der Waals surface area (Å²) in [5, 5.41) is 0. The molecule has 0 saturated heterocycles. The van der Waals surface area contributed by atoms with Gasteiger partial charge in [-0.15, -0.1) is 0 Å². The Kier molecular flexibility index (Phi) is 6.46. The van der Waals surface area contributed by atoms with E-state index in [-0.39, 0.29) is 11.7 Å². The Balaban J connectivity index is 1.90. The highest BCUT2D eigenvalue weighted by molar-refractivity contribution is 7.92. The first-order valence-corrected chi connectivity index (χ1v) is 13.6. The van der Waals surface area contributed by atoms with E-state index in [4.69, 9.17) is 4.98 Å². The van der Waals surface area contributed by atoms with E-state index in [2.05, 4.69) is 0 Å². The lowest BCUT2D eigenvalue weighted by atomic mass is 10.1. The number of carbonyl (C=O) groups excluding carboxylic acids is 1. The highest BCUT2D eigenvalue weighted by atomic mass is 32.2. The molecule has 1 aromatic heterocycles. The second kappa shape index (κ2) is 9.87. The molecule has 184 valence electrons. The van der Waals surface area contributed by atoms with Crippen molar-refractivity contribution in [2.45, 2.75) is 6.92 Å². The van der Waals surface area contributed by atoms with Crippen molar-refractivity contribution in [3.63, 3.8) is 0 Å². The van der Waals surface area contributed by atoms with Gasteiger partial charge in [-0.25, -0.2) is 17.7 Å². The molecule has 0 radical (unpaired) electrons. The molecule has 1 heterocycles. The molecule has 0 N–H and O–H groups in total. The van der Waals surface area contributed by atoms with Crippen molar-refractivity contribution in [2.75, 3.05) is 10.6 Å². The summed E-state index contributed by atoms with van der Waals surface area (Å²) in [4.78, 5) is 18.9. The minimum Gasteiger partial charge on any atom is -0.268 e. The Hall–Kier alpha value is -4.49. The Bertz CT molecular complexity index is 1650. The van der Waals surface area contributed by atoms with E-state index in [1.807, 2.05) is 73.7 Å². The minimum atomic E-state index is -3.84. The summed E-state index contributed by atoms with van der Waals surface area (Å²) in [5.41, 5.74) is 3.69. The molecule has 0 fully saturated rings. The van der Waals surface area contributed by atoms with Crippen LogP contribution in [0.3, 0.4) is 0 Å². The number of sulfonamides is 1. The zero-order valence-electron chi connectivity index (χ0n) is 20.4. The molecule has 0 bridgehead atoms. The van der Waals surface area contributed by atoms with Crippen molar-refractivity contribution < 1.29 is 13.2 Å². The highest BCUT2D eigenvalue weighted by Crippen LogP contribution is 2.40. The van der Waals surface area contributed by atoms with Gasteiger partial charge in [0.15, 0.2) is 5.82 Å². The van der Waals surface area contributed by atoms with Crippen LogP contribution in [-0.2, 0) is 10.0 Å². The molecule has 0 amide bonds. The number of aromatic nitrogens is 2. The largest absolute Gasteiger partial charge is 0.268 e. The normalized spacial score (nSPS) is 11.3. The summed E-state index contributed by atoms with van der Waals surface area (Å²) in [6, 6.07) is 34.6. The topological polar surface area (TPSA) is 72.3 Å². The third-order valence-electron chi connectivity index (χ3n) is 5.95. The monoisotopic (exact) mass is 507 g/mol. The number of hydrogen-bond acceptors (Lipinski definition) is 4. The first-order valence-electron chi connectivity index (χ1n) is 11.7. The molecule has 37 heavy (non-hydrogen) atoms. The van der Waals surface area contributed by atoms with Crippen LogP contribution in [0.15, 0.2) is 115 Å². The van der Waals surface area contributed by atoms with Gasteiger partial charge < -0.3 is 0 Å². The maximum atomic E-state index is 14.1. The van der Waals surface area contributed by atoms with E-state index >= 15 is 0 Å². The first kappa shape index (κ1) is 24.2. The molecule has 0 aliphatic heterocycles. The number of carbonyl (C=O) groups is 1. The fourth-order valence-corrected chi connectivity index (χ4v) is 5.19. The van der Waals surface area contributed by atoms with Crippen molar-refractivity contribution in [1.82, 2.24) is 9.55 Å². The minimum absolute atomic E-state index is 0.153. The number of aryl methyl sites for hydroxylation is 1. The number of rotatable bonds is 6. The number of benzene rings is 4. The SMILES string of the molecule is Cc1ccc(-c2nc(N(c3ccccc3)S(C)(=O)=O)c(-c3ccccc3)n2C(=O)c2ccccc2)cc1. The van der Waals surface area contributed by atoms with Crippen LogP contribution in [0.2, 0.25) is 0 Å². The fraction of sp³-hybridized carbons (Fsp3) is 0.0667. The molecular formula is C30H25N3O3S. The molecule has 5 rings (SSSR count). The molecular weight excluding hydrogens is 482 g/mol. The lowest BCUT2D eigenvalue weighted by molar-refractivity contribution is 0.0963. The number of hydrogen-bond donors (Lipinski definition) is 0. The van der Waals surface area contributed by atoms with Gasteiger partial charge in [0.25, 0.3) is 5.91 Å². The second-order valence-corrected chi connectivity index (χ2v) is 10.5. The molecule has 0 aliphatic carbocycles. The Morgan fingerprint density at radius 3 is 1.84 bits per heavy atom. The number of para-hydroxylation sites is 1. The van der Waals surface area contributed by atoms with Crippen molar-refractivity contribution in [3.8, 4) is 22.6 Å². The summed E-state index contributed by atoms with van der Waals surface area (Å²) in [6.07, 6.45) is 1.14. The third kappa shape index (κ3) is 4.81. The lowest BCUT2D eigenvalue weighted by Gasteiger charge is -2.22. The smallest absolute Gasteiger partial charge is 0.264 e.